The molecule has 0 fully saturated rings. The average Bonchev–Trinajstić information content (AvgIpc) is 3.14. The van der Waals surface area contributed by atoms with Crippen LogP contribution in [0.2, 0.25) is 0 Å². The van der Waals surface area contributed by atoms with Crippen LogP contribution in [0.4, 0.5) is 8.78 Å². The fourth-order valence-electron chi connectivity index (χ4n) is 4.42. The van der Waals surface area contributed by atoms with Gasteiger partial charge in [-0.15, -0.1) is 23.2 Å². The van der Waals surface area contributed by atoms with Crippen molar-refractivity contribution in [2.75, 3.05) is 43.4 Å². The highest BCUT2D eigenvalue weighted by Crippen LogP contribution is 2.16. The van der Waals surface area contributed by atoms with E-state index in [9.17, 15) is 28.0 Å². The SMILES string of the molecule is CCCCC[C@H](NC(=O)c1cccc(OCCCF)c1)C(=O)CCl.CCCCC[C@H](NC(=O)c1cccc(OCCCF)c1)C(=O)OC.ClCI. The molecule has 2 amide bonds. The van der Waals surface area contributed by atoms with Crippen molar-refractivity contribution in [3.05, 3.63) is 59.7 Å². The normalized spacial score (nSPS) is 11.4. The van der Waals surface area contributed by atoms with Crippen LogP contribution < -0.4 is 20.1 Å². The summed E-state index contributed by atoms with van der Waals surface area (Å²) in [6, 6.07) is 12.0. The Hall–Kier alpha value is -2.71. The minimum absolute atomic E-state index is 0.122. The van der Waals surface area contributed by atoms with Gasteiger partial charge in [0.25, 0.3) is 11.8 Å². The number of Topliss-reactive ketones (excluding diaryl/α,β-unsaturated/α-hetero) is 1. The lowest BCUT2D eigenvalue weighted by Crippen LogP contribution is -2.41. The number of carbonyl (C=O) groups excluding carboxylic acids is 4. The molecule has 0 aliphatic rings. The lowest BCUT2D eigenvalue weighted by molar-refractivity contribution is -0.143. The van der Waals surface area contributed by atoms with Crippen LogP contribution in [-0.2, 0) is 14.3 Å². The second kappa shape index (κ2) is 32.0. The summed E-state index contributed by atoms with van der Waals surface area (Å²) in [6.45, 7) is 3.76. The third kappa shape index (κ3) is 22.8. The molecule has 2 rings (SSSR count). The Kier molecular flexibility index (Phi) is 30.3. The Bertz CT molecular complexity index is 1170. The Balaban J connectivity index is 0.000000910. The summed E-state index contributed by atoms with van der Waals surface area (Å²) in [5.41, 5.74) is 0.785. The van der Waals surface area contributed by atoms with Crippen molar-refractivity contribution < 1.29 is 42.2 Å². The molecule has 288 valence electrons. The highest BCUT2D eigenvalue weighted by molar-refractivity contribution is 14.1. The molecular weight excluding hydrogens is 820 g/mol. The van der Waals surface area contributed by atoms with Gasteiger partial charge in [0.1, 0.15) is 17.5 Å². The first kappa shape index (κ1) is 48.3. The molecule has 2 atom stereocenters. The number of nitrogens with one attached hydrogen (secondary N) is 2. The van der Waals surface area contributed by atoms with E-state index >= 15 is 0 Å². The third-order valence-corrected chi connectivity index (χ3v) is 7.36. The minimum Gasteiger partial charge on any atom is -0.493 e. The van der Waals surface area contributed by atoms with E-state index in [-0.39, 0.29) is 36.7 Å². The van der Waals surface area contributed by atoms with E-state index in [1.807, 2.05) is 0 Å². The highest BCUT2D eigenvalue weighted by Gasteiger charge is 2.22. The van der Waals surface area contributed by atoms with Crippen molar-refractivity contribution in [1.82, 2.24) is 10.6 Å². The number of ether oxygens (including phenoxy) is 3. The Morgan fingerprint density at radius 2 is 1.16 bits per heavy atom. The predicted octanol–water partition coefficient (Wildman–Crippen LogP) is 8.81. The molecule has 2 N–H and O–H groups in total. The maximum Gasteiger partial charge on any atom is 0.328 e. The summed E-state index contributed by atoms with van der Waals surface area (Å²) in [7, 11) is 1.31. The number of rotatable bonds is 23. The summed E-state index contributed by atoms with van der Waals surface area (Å²) < 4.78 is 40.4. The standard InChI is InChI=1S/C18H25ClFNO3.C18H26FNO4.CH2ClI/c1-2-3-4-9-16(17(22)13-19)21-18(23)14-7-5-8-15(12-14)24-11-6-10-20;1-3-4-5-10-16(18(22)23-2)20-17(21)14-8-6-9-15(13-14)24-12-7-11-19;2-1-3/h5,7-8,12,16H,2-4,6,9-11,13H2,1H3,(H,21,23);6,8-9,13,16H,3-5,7,10-12H2,1-2H3,(H,20,21);1H2/t2*16-;/m00./s1. The lowest BCUT2D eigenvalue weighted by atomic mass is 10.0. The van der Waals surface area contributed by atoms with Gasteiger partial charge >= 0.3 is 5.97 Å². The molecule has 9 nitrogen and oxygen atoms in total. The molecule has 0 aliphatic carbocycles. The van der Waals surface area contributed by atoms with Gasteiger partial charge in [-0.3, -0.25) is 23.2 Å². The first-order valence-corrected chi connectivity index (χ1v) is 19.7. The number of carbonyl (C=O) groups is 4. The number of ketones is 1. The van der Waals surface area contributed by atoms with Crippen molar-refractivity contribution in [3.8, 4) is 11.5 Å². The molecule has 0 unspecified atom stereocenters. The predicted molar refractivity (Wildman–Crippen MR) is 208 cm³/mol. The van der Waals surface area contributed by atoms with Crippen LogP contribution in [0.3, 0.4) is 0 Å². The van der Waals surface area contributed by atoms with Gasteiger partial charge in [0, 0.05) is 24.0 Å². The summed E-state index contributed by atoms with van der Waals surface area (Å²) in [6.07, 6.45) is 7.48. The van der Waals surface area contributed by atoms with E-state index in [0.29, 0.717) is 52.2 Å². The van der Waals surface area contributed by atoms with Gasteiger partial charge in [-0.05, 0) is 49.2 Å². The molecule has 2 aromatic rings. The molecule has 0 bridgehead atoms. The van der Waals surface area contributed by atoms with Crippen LogP contribution in [-0.4, -0.2) is 79.1 Å². The number of methoxy groups -OCH3 is 1. The summed E-state index contributed by atoms with van der Waals surface area (Å²) >= 11 is 12.7. The monoisotopic (exact) mass is 872 g/mol. The molecule has 14 heteroatoms. The fourth-order valence-corrected chi connectivity index (χ4v) is 4.61. The van der Waals surface area contributed by atoms with Gasteiger partial charge in [0.15, 0.2) is 5.78 Å². The second-order valence-electron chi connectivity index (χ2n) is 11.1. The molecule has 2 aromatic carbocycles. The maximum absolute atomic E-state index is 12.4. The molecule has 0 radical (unpaired) electrons. The topological polar surface area (TPSA) is 120 Å². The number of alkyl halides is 5. The number of halogens is 5. The Labute approximate surface area is 325 Å². The fraction of sp³-hybridized carbons (Fsp3) is 0.568. The van der Waals surface area contributed by atoms with Crippen molar-refractivity contribution in [1.29, 1.82) is 0 Å². The van der Waals surface area contributed by atoms with Gasteiger partial charge in [0.2, 0.25) is 0 Å². The molecule has 51 heavy (non-hydrogen) atoms. The number of hydrogen-bond acceptors (Lipinski definition) is 7. The Morgan fingerprint density at radius 3 is 1.55 bits per heavy atom. The van der Waals surface area contributed by atoms with Crippen LogP contribution in [0, 0.1) is 0 Å². The first-order chi connectivity index (χ1) is 24.6. The number of esters is 1. The summed E-state index contributed by atoms with van der Waals surface area (Å²) in [4.78, 5) is 48.4. The van der Waals surface area contributed by atoms with Gasteiger partial charge in [-0.1, -0.05) is 87.1 Å². The molecule has 0 saturated carbocycles. The van der Waals surface area contributed by atoms with E-state index in [4.69, 9.17) is 37.4 Å². The van der Waals surface area contributed by atoms with Crippen LogP contribution in [0.1, 0.15) is 98.8 Å². The van der Waals surface area contributed by atoms with Crippen LogP contribution in [0.25, 0.3) is 0 Å². The summed E-state index contributed by atoms with van der Waals surface area (Å²) in [5, 5.41) is 5.46. The van der Waals surface area contributed by atoms with E-state index < -0.39 is 31.4 Å². The van der Waals surface area contributed by atoms with Crippen molar-refractivity contribution in [3.63, 3.8) is 0 Å². The molecule has 0 aromatic heterocycles. The maximum atomic E-state index is 12.4. The number of hydrogen-bond donors (Lipinski definition) is 2. The van der Waals surface area contributed by atoms with E-state index in [1.54, 1.807) is 48.5 Å². The third-order valence-electron chi connectivity index (χ3n) is 7.10. The highest BCUT2D eigenvalue weighted by atomic mass is 127. The van der Waals surface area contributed by atoms with Crippen LogP contribution in [0.15, 0.2) is 48.5 Å². The van der Waals surface area contributed by atoms with Gasteiger partial charge < -0.3 is 24.8 Å². The van der Waals surface area contributed by atoms with E-state index in [1.165, 1.54) is 7.11 Å². The molecule has 0 spiro atoms. The smallest absolute Gasteiger partial charge is 0.328 e. The van der Waals surface area contributed by atoms with Crippen molar-refractivity contribution >= 4 is 69.4 Å². The molecule has 0 saturated heterocycles. The first-order valence-electron chi connectivity index (χ1n) is 17.1. The van der Waals surface area contributed by atoms with E-state index in [0.717, 1.165) is 38.5 Å². The summed E-state index contributed by atoms with van der Waals surface area (Å²) in [5.74, 6) is -0.460. The lowest BCUT2D eigenvalue weighted by Gasteiger charge is -2.17. The average molecular weight is 874 g/mol. The van der Waals surface area contributed by atoms with Crippen LogP contribution >= 0.6 is 45.8 Å². The molecule has 0 aliphatic heterocycles. The molecular formula is C37H53Cl2F2IN2O7. The minimum atomic E-state index is -0.662. The largest absolute Gasteiger partial charge is 0.493 e. The van der Waals surface area contributed by atoms with Gasteiger partial charge in [0.05, 0.1) is 49.5 Å². The molecule has 0 heterocycles. The zero-order valence-electron chi connectivity index (χ0n) is 29.8. The van der Waals surface area contributed by atoms with Gasteiger partial charge in [-0.25, -0.2) is 4.79 Å². The number of amides is 2. The Morgan fingerprint density at radius 1 is 0.725 bits per heavy atom. The van der Waals surface area contributed by atoms with Gasteiger partial charge in [-0.2, -0.15) is 0 Å². The number of benzene rings is 2. The van der Waals surface area contributed by atoms with Crippen molar-refractivity contribution in [2.24, 2.45) is 0 Å². The zero-order chi connectivity index (χ0) is 38.3. The van der Waals surface area contributed by atoms with E-state index in [2.05, 4.69) is 47.1 Å². The zero-order valence-corrected chi connectivity index (χ0v) is 33.5. The van der Waals surface area contributed by atoms with Crippen molar-refractivity contribution in [2.45, 2.75) is 90.1 Å². The second-order valence-corrected chi connectivity index (χ2v) is 13.3. The van der Waals surface area contributed by atoms with Crippen LogP contribution in [0.5, 0.6) is 11.5 Å². The quantitative estimate of drug-likeness (QED) is 0.0496. The number of unbranched alkanes of at least 4 members (excludes halogenated alkanes) is 4.